The molecule has 0 aliphatic heterocycles. The molecule has 5 nitrogen and oxygen atoms in total. The molecular weight excluding hydrogens is 236 g/mol. The first-order valence-electron chi connectivity index (χ1n) is 5.46. The van der Waals surface area contributed by atoms with Crippen molar-refractivity contribution in [3.63, 3.8) is 0 Å². The van der Waals surface area contributed by atoms with Gasteiger partial charge in [0.2, 0.25) is 5.16 Å². The minimum absolute atomic E-state index is 0.319. The molecule has 1 N–H and O–H groups in total. The Kier molecular flexibility index (Phi) is 4.11. The highest BCUT2D eigenvalue weighted by Gasteiger charge is 2.10. The van der Waals surface area contributed by atoms with Crippen LogP contribution in [-0.2, 0) is 0 Å². The zero-order valence-electron chi connectivity index (χ0n) is 9.52. The molecule has 0 aliphatic rings. The maximum atomic E-state index is 9.52. The number of tetrazole rings is 1. The third kappa shape index (κ3) is 3.04. The number of rotatable bonds is 5. The van der Waals surface area contributed by atoms with Gasteiger partial charge in [0.25, 0.3) is 0 Å². The van der Waals surface area contributed by atoms with Crippen LogP contribution in [0, 0.1) is 0 Å². The van der Waals surface area contributed by atoms with Gasteiger partial charge in [-0.05, 0) is 29.0 Å². The molecule has 17 heavy (non-hydrogen) atoms. The first kappa shape index (κ1) is 12.1. The summed E-state index contributed by atoms with van der Waals surface area (Å²) in [6.45, 7) is 1.95. The standard InChI is InChI=1S/C11H14N4OS/c1-2-10(16)8-17-11-12-13-14-15(11)9-6-4-3-5-7-9/h3-7,10,16H,2,8H2,1H3. The fourth-order valence-corrected chi connectivity index (χ4v) is 2.22. The summed E-state index contributed by atoms with van der Waals surface area (Å²) in [5.41, 5.74) is 0.922. The Hall–Kier alpha value is -1.40. The Morgan fingerprint density at radius 1 is 1.35 bits per heavy atom. The molecule has 0 saturated carbocycles. The number of benzene rings is 1. The van der Waals surface area contributed by atoms with E-state index in [4.69, 9.17) is 0 Å². The van der Waals surface area contributed by atoms with Gasteiger partial charge in [0.1, 0.15) is 0 Å². The van der Waals surface area contributed by atoms with E-state index in [0.29, 0.717) is 10.9 Å². The molecule has 2 aromatic rings. The second-order valence-corrected chi connectivity index (χ2v) is 4.57. The molecule has 0 aliphatic carbocycles. The van der Waals surface area contributed by atoms with E-state index < -0.39 is 0 Å². The largest absolute Gasteiger partial charge is 0.392 e. The predicted molar refractivity (Wildman–Crippen MR) is 66.2 cm³/mol. The van der Waals surface area contributed by atoms with Crippen molar-refractivity contribution >= 4 is 11.8 Å². The third-order valence-corrected chi connectivity index (χ3v) is 3.38. The van der Waals surface area contributed by atoms with Crippen molar-refractivity contribution in [2.24, 2.45) is 0 Å². The second kappa shape index (κ2) is 5.79. The first-order chi connectivity index (χ1) is 8.31. The monoisotopic (exact) mass is 250 g/mol. The van der Waals surface area contributed by atoms with Crippen LogP contribution in [0.5, 0.6) is 0 Å². The smallest absolute Gasteiger partial charge is 0.214 e. The number of aromatic nitrogens is 4. The fraction of sp³-hybridized carbons (Fsp3) is 0.364. The number of aliphatic hydroxyl groups is 1. The molecule has 6 heteroatoms. The molecule has 0 radical (unpaired) electrons. The molecule has 1 atom stereocenters. The average Bonchev–Trinajstić information content (AvgIpc) is 2.85. The molecule has 90 valence electrons. The highest BCUT2D eigenvalue weighted by molar-refractivity contribution is 7.99. The normalized spacial score (nSPS) is 12.6. The lowest BCUT2D eigenvalue weighted by Crippen LogP contribution is -2.08. The Morgan fingerprint density at radius 3 is 2.82 bits per heavy atom. The topological polar surface area (TPSA) is 63.8 Å². The number of hydrogen-bond acceptors (Lipinski definition) is 5. The molecule has 0 amide bonds. The molecule has 1 unspecified atom stereocenters. The van der Waals surface area contributed by atoms with E-state index in [1.165, 1.54) is 11.8 Å². The number of nitrogens with zero attached hydrogens (tertiary/aromatic N) is 4. The summed E-state index contributed by atoms with van der Waals surface area (Å²) in [6, 6.07) is 9.70. The van der Waals surface area contributed by atoms with Gasteiger partial charge in [0, 0.05) is 5.75 Å². The van der Waals surface area contributed by atoms with Crippen LogP contribution in [0.1, 0.15) is 13.3 Å². The van der Waals surface area contributed by atoms with Gasteiger partial charge in [-0.25, -0.2) is 0 Å². The van der Waals surface area contributed by atoms with Gasteiger partial charge < -0.3 is 5.11 Å². The van der Waals surface area contributed by atoms with Crippen molar-refractivity contribution < 1.29 is 5.11 Å². The van der Waals surface area contributed by atoms with Crippen LogP contribution in [0.15, 0.2) is 35.5 Å². The van der Waals surface area contributed by atoms with E-state index >= 15 is 0 Å². The average molecular weight is 250 g/mol. The Balaban J connectivity index is 2.12. The Bertz CT molecular complexity index is 460. The maximum absolute atomic E-state index is 9.52. The van der Waals surface area contributed by atoms with Crippen LogP contribution >= 0.6 is 11.8 Å². The van der Waals surface area contributed by atoms with Crippen molar-refractivity contribution in [1.29, 1.82) is 0 Å². The summed E-state index contributed by atoms with van der Waals surface area (Å²) in [7, 11) is 0. The number of thioether (sulfide) groups is 1. The molecule has 2 rings (SSSR count). The van der Waals surface area contributed by atoms with Gasteiger partial charge in [-0.15, -0.1) is 5.10 Å². The molecule has 1 aromatic heterocycles. The zero-order chi connectivity index (χ0) is 12.1. The van der Waals surface area contributed by atoms with Crippen LogP contribution in [0.4, 0.5) is 0 Å². The lowest BCUT2D eigenvalue weighted by atomic mass is 10.3. The Labute approximate surface area is 104 Å². The van der Waals surface area contributed by atoms with E-state index in [1.807, 2.05) is 37.3 Å². The predicted octanol–water partition coefficient (Wildman–Crippen LogP) is 1.53. The molecule has 1 aromatic carbocycles. The van der Waals surface area contributed by atoms with Gasteiger partial charge in [-0.3, -0.25) is 0 Å². The number of aliphatic hydroxyl groups excluding tert-OH is 1. The van der Waals surface area contributed by atoms with Crippen LogP contribution in [0.2, 0.25) is 0 Å². The Morgan fingerprint density at radius 2 is 2.12 bits per heavy atom. The first-order valence-corrected chi connectivity index (χ1v) is 6.44. The molecule has 0 saturated heterocycles. The summed E-state index contributed by atoms with van der Waals surface area (Å²) in [5.74, 6) is 0.601. The van der Waals surface area contributed by atoms with E-state index in [9.17, 15) is 5.11 Å². The SMILES string of the molecule is CCC(O)CSc1nnnn1-c1ccccc1. The van der Waals surface area contributed by atoms with Crippen molar-refractivity contribution in [1.82, 2.24) is 20.2 Å². The molecular formula is C11H14N4OS. The van der Waals surface area contributed by atoms with E-state index in [0.717, 1.165) is 12.1 Å². The van der Waals surface area contributed by atoms with Crippen molar-refractivity contribution in [2.75, 3.05) is 5.75 Å². The lowest BCUT2D eigenvalue weighted by Gasteiger charge is -2.06. The van der Waals surface area contributed by atoms with E-state index in [-0.39, 0.29) is 6.10 Å². The second-order valence-electron chi connectivity index (χ2n) is 3.58. The van der Waals surface area contributed by atoms with E-state index in [2.05, 4.69) is 15.5 Å². The number of hydrogen-bond donors (Lipinski definition) is 1. The van der Waals surface area contributed by atoms with Crippen LogP contribution in [-0.4, -0.2) is 37.2 Å². The van der Waals surface area contributed by atoms with Gasteiger partial charge in [0.05, 0.1) is 11.8 Å². The number of para-hydroxylation sites is 1. The van der Waals surface area contributed by atoms with Gasteiger partial charge in [-0.2, -0.15) is 4.68 Å². The minimum atomic E-state index is -0.319. The fourth-order valence-electron chi connectivity index (χ4n) is 1.29. The third-order valence-electron chi connectivity index (χ3n) is 2.32. The summed E-state index contributed by atoms with van der Waals surface area (Å²) < 4.78 is 1.67. The maximum Gasteiger partial charge on any atom is 0.214 e. The molecule has 0 fully saturated rings. The summed E-state index contributed by atoms with van der Waals surface area (Å²) >= 11 is 1.46. The van der Waals surface area contributed by atoms with Crippen molar-refractivity contribution in [2.45, 2.75) is 24.6 Å². The highest BCUT2D eigenvalue weighted by Crippen LogP contribution is 2.19. The molecule has 0 bridgehead atoms. The van der Waals surface area contributed by atoms with Gasteiger partial charge in [-0.1, -0.05) is 36.9 Å². The van der Waals surface area contributed by atoms with Crippen molar-refractivity contribution in [3.05, 3.63) is 30.3 Å². The molecule has 0 spiro atoms. The van der Waals surface area contributed by atoms with Gasteiger partial charge >= 0.3 is 0 Å². The molecule has 1 heterocycles. The van der Waals surface area contributed by atoms with Crippen molar-refractivity contribution in [3.8, 4) is 5.69 Å². The van der Waals surface area contributed by atoms with Crippen LogP contribution in [0.3, 0.4) is 0 Å². The zero-order valence-corrected chi connectivity index (χ0v) is 10.3. The van der Waals surface area contributed by atoms with Crippen LogP contribution < -0.4 is 0 Å². The summed E-state index contributed by atoms with van der Waals surface area (Å²) in [4.78, 5) is 0. The lowest BCUT2D eigenvalue weighted by molar-refractivity contribution is 0.195. The summed E-state index contributed by atoms with van der Waals surface area (Å²) in [6.07, 6.45) is 0.417. The van der Waals surface area contributed by atoms with Gasteiger partial charge in [0.15, 0.2) is 0 Å². The quantitative estimate of drug-likeness (QED) is 0.815. The van der Waals surface area contributed by atoms with Crippen LogP contribution in [0.25, 0.3) is 5.69 Å². The highest BCUT2D eigenvalue weighted by atomic mass is 32.2. The van der Waals surface area contributed by atoms with E-state index in [1.54, 1.807) is 4.68 Å². The summed E-state index contributed by atoms with van der Waals surface area (Å²) in [5, 5.41) is 21.8. The minimum Gasteiger partial charge on any atom is -0.392 e.